The second kappa shape index (κ2) is 12.3. The van der Waals surface area contributed by atoms with Gasteiger partial charge in [0.05, 0.1) is 22.1 Å². The summed E-state index contributed by atoms with van der Waals surface area (Å²) in [6, 6.07) is 60.2. The van der Waals surface area contributed by atoms with Crippen LogP contribution in [-0.4, -0.2) is 9.13 Å². The second-order valence-corrected chi connectivity index (χ2v) is 16.4. The Morgan fingerprint density at radius 2 is 0.679 bits per heavy atom. The average Bonchev–Trinajstić information content (AvgIpc) is 3.67. The molecule has 0 unspecified atom stereocenters. The minimum atomic E-state index is 0.0320. The van der Waals surface area contributed by atoms with E-state index >= 15 is 0 Å². The Balaban J connectivity index is 1.31. The summed E-state index contributed by atoms with van der Waals surface area (Å²) in [5.74, 6) is 0. The van der Waals surface area contributed by atoms with Crippen molar-refractivity contribution in [2.24, 2.45) is 0 Å². The van der Waals surface area contributed by atoms with E-state index in [1.165, 1.54) is 66.1 Å². The maximum Gasteiger partial charge on any atom is 0.0542 e. The first-order chi connectivity index (χ1) is 25.6. The zero-order chi connectivity index (χ0) is 36.5. The van der Waals surface area contributed by atoms with Crippen molar-refractivity contribution in [3.05, 3.63) is 175 Å². The Hall–Kier alpha value is -6.06. The molecule has 0 aliphatic heterocycles. The number of aromatic nitrogens is 2. The molecule has 0 aliphatic carbocycles. The molecule has 0 bridgehead atoms. The second-order valence-electron chi connectivity index (χ2n) is 16.4. The summed E-state index contributed by atoms with van der Waals surface area (Å²) in [4.78, 5) is 2.41. The van der Waals surface area contributed by atoms with Crippen LogP contribution in [0.4, 0.5) is 17.1 Å². The van der Waals surface area contributed by atoms with Crippen LogP contribution in [0.3, 0.4) is 0 Å². The van der Waals surface area contributed by atoms with Crippen LogP contribution < -0.4 is 4.90 Å². The van der Waals surface area contributed by atoms with Gasteiger partial charge in [-0.05, 0) is 119 Å². The lowest BCUT2D eigenvalue weighted by atomic mass is 9.86. The van der Waals surface area contributed by atoms with E-state index in [-0.39, 0.29) is 10.8 Å². The van der Waals surface area contributed by atoms with Crippen LogP contribution in [0.5, 0.6) is 0 Å². The molecule has 3 heteroatoms. The first kappa shape index (κ1) is 32.8. The van der Waals surface area contributed by atoms with Gasteiger partial charge in [-0.25, -0.2) is 0 Å². The number of benzene rings is 7. The fourth-order valence-corrected chi connectivity index (χ4v) is 7.97. The number of hydrogen-bond donors (Lipinski definition) is 0. The van der Waals surface area contributed by atoms with Crippen molar-refractivity contribution in [2.75, 3.05) is 4.90 Å². The summed E-state index contributed by atoms with van der Waals surface area (Å²) in [6.45, 7) is 13.8. The summed E-state index contributed by atoms with van der Waals surface area (Å²) in [7, 11) is 0. The van der Waals surface area contributed by atoms with Crippen LogP contribution in [0.15, 0.2) is 164 Å². The van der Waals surface area contributed by atoms with E-state index in [1.807, 2.05) is 0 Å². The van der Waals surface area contributed by atoms with Crippen molar-refractivity contribution in [2.45, 2.75) is 52.4 Å². The van der Waals surface area contributed by atoms with Crippen LogP contribution in [0.2, 0.25) is 0 Å². The summed E-state index contributed by atoms with van der Waals surface area (Å²) >= 11 is 0. The van der Waals surface area contributed by atoms with Crippen molar-refractivity contribution in [1.82, 2.24) is 9.13 Å². The van der Waals surface area contributed by atoms with Crippen LogP contribution in [0.1, 0.15) is 52.7 Å². The topological polar surface area (TPSA) is 13.1 Å². The molecule has 0 radical (unpaired) electrons. The van der Waals surface area contributed by atoms with Gasteiger partial charge in [0.1, 0.15) is 0 Å². The van der Waals surface area contributed by atoms with Crippen LogP contribution in [0.25, 0.3) is 55.0 Å². The lowest BCUT2D eigenvalue weighted by Crippen LogP contribution is -2.10. The average molecular weight is 688 g/mol. The SMILES string of the molecule is CC(C)(C)c1ccc2c(c1)c1cc(N(c3ccccc3)c3ccc4c(c3)c3cc(C(C)(C)C)ccc3n4-c3ccccc3)ccc1n2-c1ccccc1. The molecule has 0 aliphatic rings. The third-order valence-electron chi connectivity index (χ3n) is 10.8. The molecule has 0 saturated heterocycles. The molecular formula is C50H45N3. The molecule has 0 fully saturated rings. The number of fused-ring (bicyclic) bond motifs is 6. The van der Waals surface area contributed by atoms with Crippen molar-refractivity contribution < 1.29 is 0 Å². The van der Waals surface area contributed by atoms with Gasteiger partial charge in [-0.1, -0.05) is 108 Å². The van der Waals surface area contributed by atoms with E-state index in [0.29, 0.717) is 0 Å². The Bertz CT molecular complexity index is 2600. The highest BCUT2D eigenvalue weighted by atomic mass is 15.1. The largest absolute Gasteiger partial charge is 0.310 e. The minimum absolute atomic E-state index is 0.0320. The predicted molar refractivity (Wildman–Crippen MR) is 227 cm³/mol. The van der Waals surface area contributed by atoms with Gasteiger partial charge < -0.3 is 14.0 Å². The molecule has 9 rings (SSSR count). The zero-order valence-corrected chi connectivity index (χ0v) is 31.4. The molecular weight excluding hydrogens is 643 g/mol. The van der Waals surface area contributed by atoms with E-state index in [2.05, 4.69) is 219 Å². The van der Waals surface area contributed by atoms with Gasteiger partial charge in [0.25, 0.3) is 0 Å². The molecule has 3 nitrogen and oxygen atoms in total. The van der Waals surface area contributed by atoms with Crippen molar-refractivity contribution in [3.8, 4) is 11.4 Å². The summed E-state index contributed by atoms with van der Waals surface area (Å²) in [6.07, 6.45) is 0. The molecule has 9 aromatic rings. The molecule has 2 heterocycles. The Labute approximate surface area is 312 Å². The van der Waals surface area contributed by atoms with Gasteiger partial charge in [-0.3, -0.25) is 0 Å². The number of rotatable bonds is 5. The molecule has 0 N–H and O–H groups in total. The van der Waals surface area contributed by atoms with E-state index in [9.17, 15) is 0 Å². The lowest BCUT2D eigenvalue weighted by molar-refractivity contribution is 0.591. The van der Waals surface area contributed by atoms with Gasteiger partial charge in [0, 0.05) is 50.0 Å². The molecule has 53 heavy (non-hydrogen) atoms. The van der Waals surface area contributed by atoms with Crippen LogP contribution >= 0.6 is 0 Å². The first-order valence-corrected chi connectivity index (χ1v) is 18.7. The van der Waals surface area contributed by atoms with Crippen LogP contribution in [-0.2, 0) is 10.8 Å². The maximum atomic E-state index is 2.41. The highest BCUT2D eigenvalue weighted by Crippen LogP contribution is 2.43. The zero-order valence-electron chi connectivity index (χ0n) is 31.4. The van der Waals surface area contributed by atoms with Crippen molar-refractivity contribution >= 4 is 60.7 Å². The molecule has 0 atom stereocenters. The van der Waals surface area contributed by atoms with E-state index in [4.69, 9.17) is 0 Å². The van der Waals surface area contributed by atoms with E-state index in [1.54, 1.807) is 0 Å². The fourth-order valence-electron chi connectivity index (χ4n) is 7.97. The Morgan fingerprint density at radius 3 is 1.06 bits per heavy atom. The highest BCUT2D eigenvalue weighted by Gasteiger charge is 2.22. The molecule has 0 saturated carbocycles. The third kappa shape index (κ3) is 5.59. The quantitative estimate of drug-likeness (QED) is 0.176. The maximum absolute atomic E-state index is 2.41. The third-order valence-corrected chi connectivity index (χ3v) is 10.8. The molecule has 260 valence electrons. The van der Waals surface area contributed by atoms with Gasteiger partial charge in [-0.2, -0.15) is 0 Å². The molecule has 7 aromatic carbocycles. The Kier molecular flexibility index (Phi) is 7.60. The number of para-hydroxylation sites is 3. The predicted octanol–water partition coefficient (Wildman–Crippen LogP) is 13.9. The minimum Gasteiger partial charge on any atom is -0.310 e. The lowest BCUT2D eigenvalue weighted by Gasteiger charge is -2.26. The van der Waals surface area contributed by atoms with Gasteiger partial charge >= 0.3 is 0 Å². The van der Waals surface area contributed by atoms with Crippen molar-refractivity contribution in [3.63, 3.8) is 0 Å². The molecule has 2 aromatic heterocycles. The summed E-state index contributed by atoms with van der Waals surface area (Å²) in [5, 5.41) is 5.01. The summed E-state index contributed by atoms with van der Waals surface area (Å²) < 4.78 is 4.82. The van der Waals surface area contributed by atoms with Gasteiger partial charge in [-0.15, -0.1) is 0 Å². The number of hydrogen-bond acceptors (Lipinski definition) is 1. The summed E-state index contributed by atoms with van der Waals surface area (Å²) in [5.41, 5.74) is 13.3. The van der Waals surface area contributed by atoms with Crippen LogP contribution in [0, 0.1) is 0 Å². The standard InChI is InChI=1S/C50H45N3/c1-49(2,3)34-22-26-45-41(30-34)43-32-39(24-28-47(43)52(45)37-18-12-8-13-19-37)51(36-16-10-7-11-17-36)40-25-29-48-44(33-40)42-31-35(50(4,5)6)23-27-46(42)53(48)38-20-14-9-15-21-38/h7-33H,1-6H3. The Morgan fingerprint density at radius 1 is 0.340 bits per heavy atom. The molecule has 0 spiro atoms. The first-order valence-electron chi connectivity index (χ1n) is 18.7. The number of nitrogens with zero attached hydrogens (tertiary/aromatic N) is 3. The highest BCUT2D eigenvalue weighted by molar-refractivity contribution is 6.13. The number of anilines is 3. The van der Waals surface area contributed by atoms with Gasteiger partial charge in [0.15, 0.2) is 0 Å². The van der Waals surface area contributed by atoms with E-state index < -0.39 is 0 Å². The van der Waals surface area contributed by atoms with Crippen molar-refractivity contribution in [1.29, 1.82) is 0 Å². The molecule has 0 amide bonds. The monoisotopic (exact) mass is 687 g/mol. The van der Waals surface area contributed by atoms with Gasteiger partial charge in [0.2, 0.25) is 0 Å². The smallest absolute Gasteiger partial charge is 0.0542 e. The normalized spacial score (nSPS) is 12.3. The fraction of sp³-hybridized carbons (Fsp3) is 0.160. The van der Waals surface area contributed by atoms with E-state index in [0.717, 1.165) is 17.1 Å².